The van der Waals surface area contributed by atoms with E-state index in [1.54, 1.807) is 6.07 Å². The quantitative estimate of drug-likeness (QED) is 0.558. The maximum Gasteiger partial charge on any atom is 0.142 e. The molecule has 0 spiro atoms. The molecule has 1 N–H and O–H groups in total. The van der Waals surface area contributed by atoms with Gasteiger partial charge >= 0.3 is 0 Å². The fraction of sp³-hybridized carbons (Fsp3) is 0.250. The van der Waals surface area contributed by atoms with Crippen LogP contribution in [0.15, 0.2) is 18.2 Å². The van der Waals surface area contributed by atoms with E-state index in [2.05, 4.69) is 17.9 Å². The van der Waals surface area contributed by atoms with Gasteiger partial charge in [-0.15, -0.1) is 0 Å². The molecule has 12 heavy (non-hydrogen) atoms. The van der Waals surface area contributed by atoms with Crippen molar-refractivity contribution in [1.82, 2.24) is 0 Å². The van der Waals surface area contributed by atoms with Gasteiger partial charge < -0.3 is 10.1 Å². The highest BCUT2D eigenvalue weighted by Gasteiger charge is 2.01. The van der Waals surface area contributed by atoms with Crippen LogP contribution < -0.4 is 10.1 Å². The Hall–Kier alpha value is -0.900. The molecule has 0 fully saturated rings. The second-order valence-electron chi connectivity index (χ2n) is 2.18. The smallest absolute Gasteiger partial charge is 0.142 e. The minimum atomic E-state index is -0.292. The van der Waals surface area contributed by atoms with Gasteiger partial charge in [0.15, 0.2) is 0 Å². The van der Waals surface area contributed by atoms with Crippen LogP contribution in [0.3, 0.4) is 0 Å². The number of rotatable bonds is 3. The van der Waals surface area contributed by atoms with E-state index in [1.807, 2.05) is 0 Å². The van der Waals surface area contributed by atoms with Crippen LogP contribution in [-0.2, 0) is 0 Å². The Morgan fingerprint density at radius 2 is 2.33 bits per heavy atom. The van der Waals surface area contributed by atoms with Crippen LogP contribution in [0.5, 0.6) is 5.75 Å². The molecule has 0 amide bonds. The summed E-state index contributed by atoms with van der Waals surface area (Å²) in [4.78, 5) is 0. The van der Waals surface area contributed by atoms with Crippen molar-refractivity contribution in [3.05, 3.63) is 24.0 Å². The normalized spacial score (nSPS) is 9.58. The van der Waals surface area contributed by atoms with E-state index in [4.69, 9.17) is 4.74 Å². The first-order valence-electron chi connectivity index (χ1n) is 3.46. The highest BCUT2D eigenvalue weighted by atomic mass is 32.1. The fourth-order valence-corrected chi connectivity index (χ4v) is 1.07. The molecule has 0 aliphatic carbocycles. The van der Waals surface area contributed by atoms with Gasteiger partial charge in [-0.05, 0) is 12.1 Å². The van der Waals surface area contributed by atoms with E-state index < -0.39 is 0 Å². The number of thiol groups is 1. The molecule has 0 aliphatic heterocycles. The molecule has 1 aromatic carbocycles. The average Bonchev–Trinajstić information content (AvgIpc) is 2.05. The van der Waals surface area contributed by atoms with Gasteiger partial charge in [0.1, 0.15) is 11.6 Å². The predicted octanol–water partition coefficient (Wildman–Crippen LogP) is 2.13. The molecule has 0 aliphatic rings. The monoisotopic (exact) mass is 187 g/mol. The first-order chi connectivity index (χ1) is 5.77. The van der Waals surface area contributed by atoms with Crippen molar-refractivity contribution in [2.24, 2.45) is 0 Å². The molecule has 4 heteroatoms. The van der Waals surface area contributed by atoms with Crippen molar-refractivity contribution in [3.8, 4) is 5.75 Å². The van der Waals surface area contributed by atoms with Crippen molar-refractivity contribution < 1.29 is 9.13 Å². The summed E-state index contributed by atoms with van der Waals surface area (Å²) in [6.45, 7) is 0. The number of methoxy groups -OCH3 is 1. The second kappa shape index (κ2) is 4.21. The lowest BCUT2D eigenvalue weighted by molar-refractivity contribution is 0.415. The maximum absolute atomic E-state index is 12.7. The molecule has 1 aromatic rings. The molecule has 1 rings (SSSR count). The van der Waals surface area contributed by atoms with E-state index in [0.29, 0.717) is 17.3 Å². The van der Waals surface area contributed by atoms with Crippen LogP contribution in [0.1, 0.15) is 0 Å². The Morgan fingerprint density at radius 3 is 2.92 bits per heavy atom. The van der Waals surface area contributed by atoms with E-state index in [-0.39, 0.29) is 5.82 Å². The number of ether oxygens (including phenoxy) is 1. The third kappa shape index (κ3) is 2.04. The third-order valence-electron chi connectivity index (χ3n) is 1.43. The average molecular weight is 187 g/mol. The molecule has 0 bridgehead atoms. The lowest BCUT2D eigenvalue weighted by Gasteiger charge is -2.08. The van der Waals surface area contributed by atoms with Crippen molar-refractivity contribution in [2.75, 3.05) is 18.3 Å². The molecule has 0 atom stereocenters. The SMILES string of the molecule is COc1ccc(F)cc1NCS. The summed E-state index contributed by atoms with van der Waals surface area (Å²) in [5, 5.41) is 2.87. The molecule has 66 valence electrons. The lowest BCUT2D eigenvalue weighted by atomic mass is 10.3. The van der Waals surface area contributed by atoms with Gasteiger partial charge in [-0.3, -0.25) is 0 Å². The van der Waals surface area contributed by atoms with E-state index in [9.17, 15) is 4.39 Å². The van der Waals surface area contributed by atoms with Crippen molar-refractivity contribution in [2.45, 2.75) is 0 Å². The highest BCUT2D eigenvalue weighted by molar-refractivity contribution is 7.80. The summed E-state index contributed by atoms with van der Waals surface area (Å²) in [6, 6.07) is 4.29. The first kappa shape index (κ1) is 9.19. The largest absolute Gasteiger partial charge is 0.495 e. The topological polar surface area (TPSA) is 21.3 Å². The molecular formula is C8H10FNOS. The lowest BCUT2D eigenvalue weighted by Crippen LogP contribution is -1.98. The zero-order valence-corrected chi connectivity index (χ0v) is 7.57. The maximum atomic E-state index is 12.7. The van der Waals surface area contributed by atoms with Gasteiger partial charge in [0.25, 0.3) is 0 Å². The predicted molar refractivity (Wildman–Crippen MR) is 50.4 cm³/mol. The van der Waals surface area contributed by atoms with Gasteiger partial charge in [-0.1, -0.05) is 0 Å². The molecular weight excluding hydrogens is 177 g/mol. The van der Waals surface area contributed by atoms with Gasteiger partial charge in [-0.25, -0.2) is 4.39 Å². The standard InChI is InChI=1S/C8H10FNOS/c1-11-8-3-2-6(9)4-7(8)10-5-12/h2-4,10,12H,5H2,1H3. The summed E-state index contributed by atoms with van der Waals surface area (Å²) in [5.41, 5.74) is 0.618. The molecule has 0 aromatic heterocycles. The van der Waals surface area contributed by atoms with E-state index >= 15 is 0 Å². The van der Waals surface area contributed by atoms with Crippen LogP contribution in [0.25, 0.3) is 0 Å². The van der Waals surface area contributed by atoms with Crippen LogP contribution in [-0.4, -0.2) is 13.0 Å². The zero-order chi connectivity index (χ0) is 8.97. The molecule has 0 saturated carbocycles. The van der Waals surface area contributed by atoms with Gasteiger partial charge in [0, 0.05) is 6.07 Å². The Bertz CT molecular complexity index is 267. The highest BCUT2D eigenvalue weighted by Crippen LogP contribution is 2.24. The van der Waals surface area contributed by atoms with Crippen molar-refractivity contribution in [1.29, 1.82) is 0 Å². The van der Waals surface area contributed by atoms with Crippen LogP contribution in [0.4, 0.5) is 10.1 Å². The van der Waals surface area contributed by atoms with Gasteiger partial charge in [0.05, 0.1) is 18.7 Å². The number of benzene rings is 1. The van der Waals surface area contributed by atoms with Crippen molar-refractivity contribution in [3.63, 3.8) is 0 Å². The Balaban J connectivity index is 2.95. The first-order valence-corrected chi connectivity index (χ1v) is 4.09. The third-order valence-corrected chi connectivity index (χ3v) is 1.59. The number of hydrogen-bond donors (Lipinski definition) is 2. The van der Waals surface area contributed by atoms with Crippen LogP contribution >= 0.6 is 12.6 Å². The minimum Gasteiger partial charge on any atom is -0.495 e. The molecule has 2 nitrogen and oxygen atoms in total. The number of hydrogen-bond acceptors (Lipinski definition) is 3. The second-order valence-corrected chi connectivity index (χ2v) is 2.50. The summed E-state index contributed by atoms with van der Waals surface area (Å²) >= 11 is 3.96. The van der Waals surface area contributed by atoms with Crippen molar-refractivity contribution >= 4 is 18.3 Å². The molecule has 0 radical (unpaired) electrons. The summed E-state index contributed by atoms with van der Waals surface area (Å²) in [7, 11) is 1.54. The van der Waals surface area contributed by atoms with E-state index in [1.165, 1.54) is 19.2 Å². The fourth-order valence-electron chi connectivity index (χ4n) is 0.904. The Labute approximate surface area is 76.1 Å². The Kier molecular flexibility index (Phi) is 3.22. The number of nitrogens with one attached hydrogen (secondary N) is 1. The molecule has 0 unspecified atom stereocenters. The van der Waals surface area contributed by atoms with Gasteiger partial charge in [0.2, 0.25) is 0 Å². The minimum absolute atomic E-state index is 0.292. The van der Waals surface area contributed by atoms with E-state index in [0.717, 1.165) is 0 Å². The summed E-state index contributed by atoms with van der Waals surface area (Å²) in [6.07, 6.45) is 0. The number of halogens is 1. The summed E-state index contributed by atoms with van der Waals surface area (Å²) in [5.74, 6) is 0.769. The summed E-state index contributed by atoms with van der Waals surface area (Å²) < 4.78 is 17.7. The van der Waals surface area contributed by atoms with Gasteiger partial charge in [-0.2, -0.15) is 12.6 Å². The number of anilines is 1. The molecule has 0 saturated heterocycles. The van der Waals surface area contributed by atoms with Crippen LogP contribution in [0.2, 0.25) is 0 Å². The van der Waals surface area contributed by atoms with Crippen LogP contribution in [0, 0.1) is 5.82 Å². The Morgan fingerprint density at radius 1 is 1.58 bits per heavy atom. The zero-order valence-electron chi connectivity index (χ0n) is 6.67. The molecule has 0 heterocycles.